The summed E-state index contributed by atoms with van der Waals surface area (Å²) < 4.78 is 13.9. The minimum Gasteiger partial charge on any atom is -0.388 e. The molecule has 0 radical (unpaired) electrons. The SMILES string of the molecule is OC(Cc1cc(F)cc(Br)c1)c1ccc(Cl)c(Cl)c1. The Balaban J connectivity index is 2.20. The Labute approximate surface area is 129 Å². The highest BCUT2D eigenvalue weighted by Crippen LogP contribution is 2.27. The molecule has 0 aliphatic rings. The third-order valence-electron chi connectivity index (χ3n) is 2.68. The van der Waals surface area contributed by atoms with Gasteiger partial charge in [-0.2, -0.15) is 0 Å². The Morgan fingerprint density at radius 1 is 1.11 bits per heavy atom. The van der Waals surface area contributed by atoms with Crippen molar-refractivity contribution in [1.82, 2.24) is 0 Å². The van der Waals surface area contributed by atoms with Gasteiger partial charge < -0.3 is 5.11 Å². The van der Waals surface area contributed by atoms with Crippen LogP contribution in [-0.2, 0) is 6.42 Å². The van der Waals surface area contributed by atoms with Crippen LogP contribution in [0.25, 0.3) is 0 Å². The van der Waals surface area contributed by atoms with Crippen molar-refractivity contribution in [2.45, 2.75) is 12.5 Å². The molecule has 0 amide bonds. The lowest BCUT2D eigenvalue weighted by Gasteiger charge is -2.12. The summed E-state index contributed by atoms with van der Waals surface area (Å²) in [5, 5.41) is 11.0. The minimum absolute atomic E-state index is 0.300. The van der Waals surface area contributed by atoms with Gasteiger partial charge in [0.2, 0.25) is 0 Å². The molecule has 2 aromatic rings. The van der Waals surface area contributed by atoms with E-state index in [1.165, 1.54) is 12.1 Å². The van der Waals surface area contributed by atoms with Crippen LogP contribution in [0.3, 0.4) is 0 Å². The number of benzene rings is 2. The summed E-state index contributed by atoms with van der Waals surface area (Å²) in [4.78, 5) is 0. The fourth-order valence-electron chi connectivity index (χ4n) is 1.79. The van der Waals surface area contributed by atoms with Crippen molar-refractivity contribution in [3.8, 4) is 0 Å². The van der Waals surface area contributed by atoms with Gasteiger partial charge >= 0.3 is 0 Å². The molecule has 1 nitrogen and oxygen atoms in total. The van der Waals surface area contributed by atoms with E-state index in [0.717, 1.165) is 0 Å². The smallest absolute Gasteiger partial charge is 0.124 e. The molecule has 0 aliphatic carbocycles. The normalized spacial score (nSPS) is 12.5. The molecule has 0 spiro atoms. The van der Waals surface area contributed by atoms with Gasteiger partial charge in [0, 0.05) is 10.9 Å². The molecule has 100 valence electrons. The van der Waals surface area contributed by atoms with Crippen molar-refractivity contribution in [1.29, 1.82) is 0 Å². The van der Waals surface area contributed by atoms with Crippen molar-refractivity contribution in [3.05, 3.63) is 67.9 Å². The first-order valence-electron chi connectivity index (χ1n) is 5.53. The summed E-state index contributed by atoms with van der Waals surface area (Å²) in [5.74, 6) is -0.342. The van der Waals surface area contributed by atoms with Crippen molar-refractivity contribution in [3.63, 3.8) is 0 Å². The Morgan fingerprint density at radius 3 is 2.47 bits per heavy atom. The number of aliphatic hydroxyl groups is 1. The third-order valence-corrected chi connectivity index (χ3v) is 3.88. The number of halogens is 4. The van der Waals surface area contributed by atoms with Crippen molar-refractivity contribution < 1.29 is 9.50 Å². The van der Waals surface area contributed by atoms with Crippen LogP contribution in [-0.4, -0.2) is 5.11 Å². The Kier molecular flexibility index (Phi) is 4.85. The summed E-state index contributed by atoms with van der Waals surface area (Å²) in [5.41, 5.74) is 1.35. The molecule has 5 heteroatoms. The highest BCUT2D eigenvalue weighted by Gasteiger charge is 2.11. The summed E-state index contributed by atoms with van der Waals surface area (Å²) in [6.45, 7) is 0. The van der Waals surface area contributed by atoms with E-state index in [0.29, 0.717) is 32.1 Å². The Hall–Kier alpha value is -0.610. The average Bonchev–Trinajstić information content (AvgIpc) is 2.31. The van der Waals surface area contributed by atoms with Crippen LogP contribution in [0.4, 0.5) is 4.39 Å². The predicted octanol–water partition coefficient (Wildman–Crippen LogP) is 5.17. The van der Waals surface area contributed by atoms with Gasteiger partial charge in [0.05, 0.1) is 16.1 Å². The topological polar surface area (TPSA) is 20.2 Å². The molecule has 19 heavy (non-hydrogen) atoms. The van der Waals surface area contributed by atoms with Crippen LogP contribution < -0.4 is 0 Å². The maximum atomic E-state index is 13.2. The standard InChI is InChI=1S/C14H10BrCl2FO/c15-10-3-8(4-11(18)7-10)5-14(19)9-1-2-12(16)13(17)6-9/h1-4,6-7,14,19H,5H2. The molecule has 0 saturated heterocycles. The summed E-state index contributed by atoms with van der Waals surface area (Å²) in [7, 11) is 0. The molecule has 0 aliphatic heterocycles. The predicted molar refractivity (Wildman–Crippen MR) is 79.2 cm³/mol. The van der Waals surface area contributed by atoms with Gasteiger partial charge in [-0.25, -0.2) is 4.39 Å². The van der Waals surface area contributed by atoms with Gasteiger partial charge in [-0.1, -0.05) is 45.2 Å². The molecule has 1 atom stereocenters. The average molecular weight is 364 g/mol. The zero-order valence-corrected chi connectivity index (χ0v) is 12.8. The first-order valence-corrected chi connectivity index (χ1v) is 7.08. The first-order chi connectivity index (χ1) is 8.95. The highest BCUT2D eigenvalue weighted by molar-refractivity contribution is 9.10. The van der Waals surface area contributed by atoms with Gasteiger partial charge in [-0.3, -0.25) is 0 Å². The first kappa shape index (κ1) is 14.8. The molecule has 1 unspecified atom stereocenters. The molecule has 1 N–H and O–H groups in total. The van der Waals surface area contributed by atoms with Crippen LogP contribution in [0, 0.1) is 5.82 Å². The van der Waals surface area contributed by atoms with E-state index < -0.39 is 6.10 Å². The second kappa shape index (κ2) is 6.23. The lowest BCUT2D eigenvalue weighted by Crippen LogP contribution is -2.02. The number of hydrogen-bond acceptors (Lipinski definition) is 1. The number of rotatable bonds is 3. The minimum atomic E-state index is -0.761. The van der Waals surface area contributed by atoms with Gasteiger partial charge in [-0.15, -0.1) is 0 Å². The van der Waals surface area contributed by atoms with E-state index in [4.69, 9.17) is 23.2 Å². The van der Waals surface area contributed by atoms with Crippen LogP contribution in [0.15, 0.2) is 40.9 Å². The lowest BCUT2D eigenvalue weighted by molar-refractivity contribution is 0.178. The largest absolute Gasteiger partial charge is 0.388 e. The van der Waals surface area contributed by atoms with E-state index >= 15 is 0 Å². The van der Waals surface area contributed by atoms with Crippen LogP contribution in [0.5, 0.6) is 0 Å². The maximum absolute atomic E-state index is 13.2. The van der Waals surface area contributed by atoms with Gasteiger partial charge in [0.15, 0.2) is 0 Å². The van der Waals surface area contributed by atoms with Crippen molar-refractivity contribution >= 4 is 39.1 Å². The maximum Gasteiger partial charge on any atom is 0.124 e. The second-order valence-electron chi connectivity index (χ2n) is 4.17. The van der Waals surface area contributed by atoms with Gasteiger partial charge in [0.25, 0.3) is 0 Å². The molecule has 0 bridgehead atoms. The Morgan fingerprint density at radius 2 is 1.84 bits per heavy atom. The molecular weight excluding hydrogens is 354 g/mol. The van der Waals surface area contributed by atoms with Crippen molar-refractivity contribution in [2.24, 2.45) is 0 Å². The summed E-state index contributed by atoms with van der Waals surface area (Å²) in [6.07, 6.45) is -0.461. The fraction of sp³-hybridized carbons (Fsp3) is 0.143. The second-order valence-corrected chi connectivity index (χ2v) is 5.90. The molecule has 0 saturated carbocycles. The quantitative estimate of drug-likeness (QED) is 0.797. The number of aliphatic hydroxyl groups excluding tert-OH is 1. The van der Waals surface area contributed by atoms with E-state index in [-0.39, 0.29) is 5.82 Å². The van der Waals surface area contributed by atoms with E-state index in [9.17, 15) is 9.50 Å². The third kappa shape index (κ3) is 3.93. The Bertz CT molecular complexity index is 584. The molecule has 0 heterocycles. The summed E-state index contributed by atoms with van der Waals surface area (Å²) in [6, 6.07) is 9.48. The van der Waals surface area contributed by atoms with E-state index in [2.05, 4.69) is 15.9 Å². The summed E-state index contributed by atoms with van der Waals surface area (Å²) >= 11 is 14.9. The monoisotopic (exact) mass is 362 g/mol. The zero-order chi connectivity index (χ0) is 14.0. The zero-order valence-electron chi connectivity index (χ0n) is 9.71. The highest BCUT2D eigenvalue weighted by atomic mass is 79.9. The molecular formula is C14H10BrCl2FO. The van der Waals surface area contributed by atoms with Crippen LogP contribution in [0.2, 0.25) is 10.0 Å². The van der Waals surface area contributed by atoms with E-state index in [1.54, 1.807) is 24.3 Å². The molecule has 0 fully saturated rings. The molecule has 0 aromatic heterocycles. The number of hydrogen-bond donors (Lipinski definition) is 1. The van der Waals surface area contributed by atoms with E-state index in [1.807, 2.05) is 0 Å². The molecule has 2 aromatic carbocycles. The fourth-order valence-corrected chi connectivity index (χ4v) is 2.61. The van der Waals surface area contributed by atoms with Crippen LogP contribution >= 0.6 is 39.1 Å². The van der Waals surface area contributed by atoms with Gasteiger partial charge in [-0.05, 0) is 41.5 Å². The van der Waals surface area contributed by atoms with Crippen LogP contribution in [0.1, 0.15) is 17.2 Å². The lowest BCUT2D eigenvalue weighted by atomic mass is 10.0. The molecule has 2 rings (SSSR count). The van der Waals surface area contributed by atoms with Gasteiger partial charge in [0.1, 0.15) is 5.82 Å². The van der Waals surface area contributed by atoms with Crippen molar-refractivity contribution in [2.75, 3.05) is 0 Å².